The van der Waals surface area contributed by atoms with Crippen molar-refractivity contribution in [2.24, 2.45) is 33.0 Å². The number of carbonyl (C=O) groups excluding carboxylic acids is 2. The summed E-state index contributed by atoms with van der Waals surface area (Å²) in [7, 11) is 0. The van der Waals surface area contributed by atoms with Crippen LogP contribution in [0.5, 0.6) is 0 Å². The third-order valence-electron chi connectivity index (χ3n) is 11.1. The second-order valence-electron chi connectivity index (χ2n) is 11.1. The van der Waals surface area contributed by atoms with Gasteiger partial charge in [-0.3, -0.25) is 9.59 Å². The van der Waals surface area contributed by atoms with E-state index in [1.54, 1.807) is 0 Å². The summed E-state index contributed by atoms with van der Waals surface area (Å²) in [6, 6.07) is 0. The van der Waals surface area contributed by atoms with Gasteiger partial charge in [-0.25, -0.2) is 0 Å². The molecule has 0 aromatic rings. The van der Waals surface area contributed by atoms with Crippen molar-refractivity contribution in [2.75, 3.05) is 6.61 Å². The van der Waals surface area contributed by atoms with Crippen LogP contribution in [0.15, 0.2) is 11.6 Å². The van der Waals surface area contributed by atoms with Crippen LogP contribution in [0.2, 0.25) is 0 Å². The molecule has 27 heavy (non-hydrogen) atoms. The van der Waals surface area contributed by atoms with E-state index in [-0.39, 0.29) is 45.4 Å². The molecule has 0 aromatic heterocycles. The molecule has 3 fully saturated rings. The van der Waals surface area contributed by atoms with Crippen LogP contribution in [0.1, 0.15) is 86.0 Å². The summed E-state index contributed by atoms with van der Waals surface area (Å²) in [5, 5.41) is 9.56. The molecular formula is C24H36O3. The van der Waals surface area contributed by atoms with E-state index in [0.29, 0.717) is 12.2 Å². The van der Waals surface area contributed by atoms with Crippen LogP contribution in [0, 0.1) is 33.0 Å². The fourth-order valence-electron chi connectivity index (χ4n) is 8.56. The molecule has 4 aliphatic carbocycles. The molecule has 3 saturated carbocycles. The van der Waals surface area contributed by atoms with Crippen LogP contribution in [0.25, 0.3) is 0 Å². The molecule has 1 N–H and O–H groups in total. The number of aliphatic hydroxyl groups excluding tert-OH is 1. The Kier molecular flexibility index (Phi) is 3.98. The minimum Gasteiger partial charge on any atom is -0.389 e. The molecule has 0 radical (unpaired) electrons. The zero-order valence-electron chi connectivity index (χ0n) is 17.8. The van der Waals surface area contributed by atoms with Gasteiger partial charge in [0.1, 0.15) is 6.61 Å². The molecule has 3 heteroatoms. The fourth-order valence-corrected chi connectivity index (χ4v) is 8.56. The van der Waals surface area contributed by atoms with Crippen LogP contribution >= 0.6 is 0 Å². The van der Waals surface area contributed by atoms with Crippen molar-refractivity contribution in [1.82, 2.24) is 0 Å². The van der Waals surface area contributed by atoms with E-state index in [1.165, 1.54) is 5.57 Å². The molecule has 4 aliphatic rings. The lowest BCUT2D eigenvalue weighted by atomic mass is 9.31. The zero-order chi connectivity index (χ0) is 19.9. The van der Waals surface area contributed by atoms with E-state index >= 15 is 0 Å². The third kappa shape index (κ3) is 1.97. The lowest BCUT2D eigenvalue weighted by Gasteiger charge is -2.73. The minimum absolute atomic E-state index is 0.00782. The Hall–Kier alpha value is -0.960. The standard InChI is InChI=1S/C24H36O3/c1-20-9-7-17(26)14-16(20)6-10-24(5)22(3)11-8-18(19(27)15-25)21(22,2)12-13-23(20,24)4/h14,18,25H,6-13,15H2,1-5H3/t18-,20+,21-,22-,23-,24+/m1/s1. The zero-order valence-corrected chi connectivity index (χ0v) is 17.8. The van der Waals surface area contributed by atoms with Crippen molar-refractivity contribution in [3.05, 3.63) is 11.6 Å². The van der Waals surface area contributed by atoms with Gasteiger partial charge in [-0.2, -0.15) is 0 Å². The van der Waals surface area contributed by atoms with Crippen molar-refractivity contribution >= 4 is 11.6 Å². The normalized spacial score (nSPS) is 51.9. The van der Waals surface area contributed by atoms with Crippen LogP contribution in [0.3, 0.4) is 0 Å². The summed E-state index contributed by atoms with van der Waals surface area (Å²) in [6.45, 7) is 11.9. The Balaban J connectivity index is 1.84. The highest BCUT2D eigenvalue weighted by Crippen LogP contribution is 2.81. The van der Waals surface area contributed by atoms with E-state index in [4.69, 9.17) is 0 Å². The molecule has 0 bridgehead atoms. The average molecular weight is 373 g/mol. The summed E-state index contributed by atoms with van der Waals surface area (Å²) in [4.78, 5) is 24.7. The molecule has 4 rings (SSSR count). The van der Waals surface area contributed by atoms with Crippen LogP contribution in [-0.2, 0) is 9.59 Å². The second-order valence-corrected chi connectivity index (χ2v) is 11.1. The maximum atomic E-state index is 12.6. The number of allylic oxidation sites excluding steroid dienone is 1. The predicted molar refractivity (Wildman–Crippen MR) is 106 cm³/mol. The van der Waals surface area contributed by atoms with Gasteiger partial charge in [0.05, 0.1) is 0 Å². The van der Waals surface area contributed by atoms with Gasteiger partial charge >= 0.3 is 0 Å². The van der Waals surface area contributed by atoms with Gasteiger partial charge in [0.2, 0.25) is 0 Å². The average Bonchev–Trinajstić information content (AvgIpc) is 2.91. The quantitative estimate of drug-likeness (QED) is 0.752. The van der Waals surface area contributed by atoms with Crippen LogP contribution in [0.4, 0.5) is 0 Å². The van der Waals surface area contributed by atoms with Gasteiger partial charge in [-0.15, -0.1) is 0 Å². The van der Waals surface area contributed by atoms with Gasteiger partial charge in [-0.05, 0) is 78.1 Å². The topological polar surface area (TPSA) is 54.4 Å². The van der Waals surface area contributed by atoms with E-state index in [1.807, 2.05) is 6.08 Å². The molecule has 3 nitrogen and oxygen atoms in total. The molecule has 150 valence electrons. The van der Waals surface area contributed by atoms with Crippen molar-refractivity contribution in [3.8, 4) is 0 Å². The lowest BCUT2D eigenvalue weighted by molar-refractivity contribution is -0.226. The second kappa shape index (κ2) is 5.55. The summed E-state index contributed by atoms with van der Waals surface area (Å²) in [5.41, 5.74) is 1.77. The lowest BCUT2D eigenvalue weighted by Crippen LogP contribution is -2.66. The fraction of sp³-hybridized carbons (Fsp3) is 0.833. The molecule has 0 spiro atoms. The number of ketones is 2. The number of Topliss-reactive ketones (excluding diaryl/α,β-unsaturated/α-hetero) is 1. The largest absolute Gasteiger partial charge is 0.389 e. The smallest absolute Gasteiger partial charge is 0.161 e. The molecular weight excluding hydrogens is 336 g/mol. The number of carbonyl (C=O) groups is 2. The Morgan fingerprint density at radius 3 is 2.33 bits per heavy atom. The summed E-state index contributed by atoms with van der Waals surface area (Å²) >= 11 is 0. The molecule has 0 unspecified atom stereocenters. The maximum Gasteiger partial charge on any atom is 0.161 e. The molecule has 6 atom stereocenters. The predicted octanol–water partition coefficient (Wildman–Crippen LogP) is 4.87. The van der Waals surface area contributed by atoms with E-state index in [2.05, 4.69) is 34.6 Å². The Morgan fingerprint density at radius 1 is 0.963 bits per heavy atom. The van der Waals surface area contributed by atoms with Gasteiger partial charge in [0.25, 0.3) is 0 Å². The molecule has 0 aliphatic heterocycles. The first-order valence-electron chi connectivity index (χ1n) is 10.9. The van der Waals surface area contributed by atoms with Crippen LogP contribution < -0.4 is 0 Å². The summed E-state index contributed by atoms with van der Waals surface area (Å²) in [5.74, 6) is 0.335. The van der Waals surface area contributed by atoms with E-state index < -0.39 is 0 Å². The Bertz CT molecular complexity index is 738. The Labute approximate surface area is 164 Å². The first-order chi connectivity index (χ1) is 12.5. The summed E-state index contributed by atoms with van der Waals surface area (Å²) in [6.07, 6.45) is 9.85. The SMILES string of the molecule is C[C@@]12CCC3=CC(=O)CC[C@]3(C)[C@@]1(C)CC[C@]1(C)[C@@H](C(=O)CO)CC[C@@]21C. The number of rotatable bonds is 2. The molecule has 0 saturated heterocycles. The maximum absolute atomic E-state index is 12.6. The van der Waals surface area contributed by atoms with Gasteiger partial charge in [0.15, 0.2) is 11.6 Å². The monoisotopic (exact) mass is 372 g/mol. The highest BCUT2D eigenvalue weighted by atomic mass is 16.3. The van der Waals surface area contributed by atoms with Crippen molar-refractivity contribution in [1.29, 1.82) is 0 Å². The van der Waals surface area contributed by atoms with Gasteiger partial charge in [-0.1, -0.05) is 40.2 Å². The highest BCUT2D eigenvalue weighted by molar-refractivity contribution is 5.91. The van der Waals surface area contributed by atoms with Crippen molar-refractivity contribution < 1.29 is 14.7 Å². The summed E-state index contributed by atoms with van der Waals surface area (Å²) < 4.78 is 0. The molecule has 0 heterocycles. The first-order valence-corrected chi connectivity index (χ1v) is 10.9. The Morgan fingerprint density at radius 2 is 1.67 bits per heavy atom. The number of aliphatic hydroxyl groups is 1. The molecule has 0 aromatic carbocycles. The van der Waals surface area contributed by atoms with Crippen molar-refractivity contribution in [3.63, 3.8) is 0 Å². The third-order valence-corrected chi connectivity index (χ3v) is 11.1. The number of hydrogen-bond acceptors (Lipinski definition) is 3. The highest BCUT2D eigenvalue weighted by Gasteiger charge is 2.74. The van der Waals surface area contributed by atoms with Gasteiger partial charge < -0.3 is 5.11 Å². The van der Waals surface area contributed by atoms with E-state index in [0.717, 1.165) is 44.9 Å². The molecule has 0 amide bonds. The van der Waals surface area contributed by atoms with Crippen LogP contribution in [-0.4, -0.2) is 23.3 Å². The number of hydrogen-bond donors (Lipinski definition) is 1. The minimum atomic E-state index is -0.322. The van der Waals surface area contributed by atoms with Crippen molar-refractivity contribution in [2.45, 2.75) is 86.0 Å². The van der Waals surface area contributed by atoms with E-state index in [9.17, 15) is 14.7 Å². The van der Waals surface area contributed by atoms with Gasteiger partial charge in [0, 0.05) is 12.3 Å². The first kappa shape index (κ1) is 19.4. The number of fused-ring (bicyclic) bond motifs is 5.